The molecule has 20 rings (SSSR count). The van der Waals surface area contributed by atoms with E-state index in [0.29, 0.717) is 0 Å². The van der Waals surface area contributed by atoms with Gasteiger partial charge >= 0.3 is 510 Å². The molecule has 7 heteroatoms. The first-order valence-corrected chi connectivity index (χ1v) is 32.1. The van der Waals surface area contributed by atoms with E-state index >= 15 is 0 Å². The molecule has 85 heavy (non-hydrogen) atoms. The molecule has 0 saturated heterocycles. The predicted octanol–water partition coefficient (Wildman–Crippen LogP) is 20.1. The number of anilines is 11. The normalized spacial score (nSPS) is 14.9. The summed E-state index contributed by atoms with van der Waals surface area (Å²) in [6, 6.07) is 88.9. The van der Waals surface area contributed by atoms with Crippen LogP contribution >= 0.6 is 0 Å². The van der Waals surface area contributed by atoms with E-state index in [-0.39, 0.29) is 10.8 Å². The Labute approximate surface area is 507 Å². The Hall–Kier alpha value is -9.09. The molecule has 16 bridgehead atoms. The molecule has 0 atom stereocenters. The molecule has 0 saturated carbocycles. The summed E-state index contributed by atoms with van der Waals surface area (Å²) < 4.78 is 8.87. The van der Waals surface area contributed by atoms with Crippen molar-refractivity contribution in [2.75, 3.05) is 24.5 Å². The first kappa shape index (κ1) is 51.5. The van der Waals surface area contributed by atoms with Crippen LogP contribution in [0.4, 0.5) is 62.8 Å². The molecule has 0 radical (unpaired) electrons. The molecule has 0 aliphatic carbocycles. The van der Waals surface area contributed by atoms with Crippen LogP contribution in [0.15, 0.2) is 241 Å². The van der Waals surface area contributed by atoms with Crippen molar-refractivity contribution in [3.05, 3.63) is 270 Å². The molecule has 0 amide bonds. The number of benzene rings is 10. The Morgan fingerprint density at radius 3 is 0.941 bits per heavy atom. The predicted molar refractivity (Wildman–Crippen MR) is 352 cm³/mol. The zero-order valence-corrected chi connectivity index (χ0v) is 51.1. The average Bonchev–Trinajstić information content (AvgIpc) is 1.80. The van der Waals surface area contributed by atoms with E-state index in [2.05, 4.69) is 290 Å². The molecular weight excluding hydrogens is 1220 g/mol. The summed E-state index contributed by atoms with van der Waals surface area (Å²) in [6.45, 7) is 14.2. The standard InChI is InChI=1S/C78H65N5O.Pt/c1-77(2,3)60-44-66-56-35-27-52(28-36-56)23-25-54-31-39-58(40-32-54)68-46-61(78(4,5)6)47-69-59-41-33-55(34-42-59)26-24-53-29-37-57(38-30-53)67(45-60)75(66)81-50-79(70-18-7-9-20-72(70)81)62-14-11-16-64(48-62)83(74-22-13-43-84-74)65-17-12-15-63(49-65)80-51-82(76(68)69)73-21-10-8-19-71(73)80;/h7-22,27-49H,23-26H2,1-6H3;. The van der Waals surface area contributed by atoms with Crippen LogP contribution in [-0.4, -0.2) is 8.29 Å². The molecule has 0 fully saturated rings. The van der Waals surface area contributed by atoms with E-state index in [1.165, 1.54) is 97.6 Å². The van der Waals surface area contributed by atoms with Crippen molar-refractivity contribution in [3.8, 4) is 44.5 Å². The SMILES string of the molecule is CC(C)(C)c1cc2c3c(c1)-c1ccc(cc1)CCc1ccc(cc1)-c1cc(C(C)(C)C)cc(c1N1[C]4=[Pt]=[C]5N(c6cccc(c6)N(c6ccco6)c6cccc(c6)N4c4ccccc41)c1ccccc1N53)-c1ccc(cc1)CCc1ccc-2cc1. The molecule has 9 aliphatic rings. The molecule has 418 valence electrons. The van der Waals surface area contributed by atoms with Crippen LogP contribution in [0.5, 0.6) is 0 Å². The number of para-hydroxylation sites is 4. The van der Waals surface area contributed by atoms with Gasteiger partial charge in [0.15, 0.2) is 0 Å². The van der Waals surface area contributed by atoms with Crippen LogP contribution in [-0.2, 0) is 54.2 Å². The quantitative estimate of drug-likeness (QED) is 0.163. The van der Waals surface area contributed by atoms with Gasteiger partial charge in [0.25, 0.3) is 0 Å². The van der Waals surface area contributed by atoms with E-state index in [0.717, 1.165) is 77.1 Å². The Balaban J connectivity index is 1.15. The molecule has 0 unspecified atom stereocenters. The zero-order valence-electron chi connectivity index (χ0n) is 48.8. The third-order valence-electron chi connectivity index (χ3n) is 17.8. The van der Waals surface area contributed by atoms with Crippen molar-refractivity contribution in [3.63, 3.8) is 0 Å². The first-order valence-electron chi connectivity index (χ1n) is 29.9. The number of fused-ring (bicyclic) bond motifs is 14. The van der Waals surface area contributed by atoms with Gasteiger partial charge in [0, 0.05) is 0 Å². The summed E-state index contributed by atoms with van der Waals surface area (Å²) in [7, 11) is 0. The van der Waals surface area contributed by atoms with E-state index in [1.807, 2.05) is 6.07 Å². The summed E-state index contributed by atoms with van der Waals surface area (Å²) in [6.07, 6.45) is 5.52. The number of hydrogen-bond acceptors (Lipinski definition) is 6. The summed E-state index contributed by atoms with van der Waals surface area (Å²) in [5.41, 5.74) is 28.2. The van der Waals surface area contributed by atoms with E-state index < -0.39 is 17.6 Å². The Kier molecular flexibility index (Phi) is 12.0. The number of nitrogens with zero attached hydrogens (tertiary/aromatic N) is 5. The van der Waals surface area contributed by atoms with Crippen LogP contribution in [0, 0.1) is 0 Å². The molecule has 10 heterocycles. The van der Waals surface area contributed by atoms with Gasteiger partial charge in [0.05, 0.1) is 0 Å². The topological polar surface area (TPSA) is 29.3 Å². The number of aryl methyl sites for hydroxylation is 4. The maximum absolute atomic E-state index is 6.43. The van der Waals surface area contributed by atoms with E-state index in [4.69, 9.17) is 4.42 Å². The Morgan fingerprint density at radius 2 is 0.635 bits per heavy atom. The molecule has 9 aliphatic heterocycles. The van der Waals surface area contributed by atoms with Crippen LogP contribution in [0.1, 0.15) is 74.9 Å². The van der Waals surface area contributed by atoms with Gasteiger partial charge in [-0.15, -0.1) is 0 Å². The van der Waals surface area contributed by atoms with E-state index in [9.17, 15) is 0 Å². The molecular formula is C78H65N5OPt. The van der Waals surface area contributed by atoms with E-state index in [1.54, 1.807) is 6.26 Å². The van der Waals surface area contributed by atoms with Gasteiger partial charge in [-0.05, 0) is 0 Å². The molecule has 0 spiro atoms. The zero-order chi connectivity index (χ0) is 57.3. The summed E-state index contributed by atoms with van der Waals surface area (Å²) in [5, 5.41) is 0. The third-order valence-corrected chi connectivity index (χ3v) is 20.9. The van der Waals surface area contributed by atoms with Gasteiger partial charge < -0.3 is 0 Å². The Morgan fingerprint density at radius 1 is 0.318 bits per heavy atom. The second-order valence-corrected chi connectivity index (χ2v) is 27.9. The second-order valence-electron chi connectivity index (χ2n) is 25.3. The minimum absolute atomic E-state index is 0.160. The fourth-order valence-corrected chi connectivity index (χ4v) is 16.8. The van der Waals surface area contributed by atoms with Gasteiger partial charge in [0.1, 0.15) is 0 Å². The monoisotopic (exact) mass is 1280 g/mol. The fraction of sp³-hybridized carbons (Fsp3) is 0.154. The maximum atomic E-state index is 6.43. The molecule has 10 aromatic carbocycles. The number of hydrogen-bond donors (Lipinski definition) is 0. The molecule has 0 N–H and O–H groups in total. The van der Waals surface area contributed by atoms with Gasteiger partial charge in [0.2, 0.25) is 0 Å². The summed E-state index contributed by atoms with van der Waals surface area (Å²) >= 11 is -1.29. The first-order chi connectivity index (χ1) is 41.4. The van der Waals surface area contributed by atoms with Crippen molar-refractivity contribution in [2.24, 2.45) is 0 Å². The summed E-state index contributed by atoms with van der Waals surface area (Å²) in [5.74, 6) is 0.739. The van der Waals surface area contributed by atoms with Crippen molar-refractivity contribution in [1.29, 1.82) is 0 Å². The van der Waals surface area contributed by atoms with Gasteiger partial charge in [-0.2, -0.15) is 0 Å². The second kappa shape index (κ2) is 19.8. The van der Waals surface area contributed by atoms with Crippen LogP contribution in [0.2, 0.25) is 0 Å². The van der Waals surface area contributed by atoms with Gasteiger partial charge in [-0.3, -0.25) is 0 Å². The van der Waals surface area contributed by atoms with Crippen LogP contribution < -0.4 is 24.5 Å². The third kappa shape index (κ3) is 8.70. The Bertz CT molecular complexity index is 4130. The molecule has 1 aromatic heterocycles. The van der Waals surface area contributed by atoms with Gasteiger partial charge in [-0.1, -0.05) is 0 Å². The van der Waals surface area contributed by atoms with Crippen molar-refractivity contribution in [1.82, 2.24) is 0 Å². The van der Waals surface area contributed by atoms with Crippen molar-refractivity contribution < 1.29 is 22.1 Å². The van der Waals surface area contributed by atoms with Crippen molar-refractivity contribution in [2.45, 2.75) is 78.1 Å². The van der Waals surface area contributed by atoms with Gasteiger partial charge in [-0.25, -0.2) is 0 Å². The summed E-state index contributed by atoms with van der Waals surface area (Å²) in [4.78, 5) is 12.9. The number of rotatable bonds is 1. The molecule has 6 nitrogen and oxygen atoms in total. The number of furan rings is 1. The fourth-order valence-electron chi connectivity index (χ4n) is 13.2. The molecule has 11 aromatic rings. The average molecular weight is 1280 g/mol. The van der Waals surface area contributed by atoms with Crippen molar-refractivity contribution >= 4 is 71.0 Å². The van der Waals surface area contributed by atoms with Crippen LogP contribution in [0.25, 0.3) is 44.5 Å². The minimum atomic E-state index is -1.29. The van der Waals surface area contributed by atoms with Crippen LogP contribution in [0.3, 0.4) is 0 Å².